The summed E-state index contributed by atoms with van der Waals surface area (Å²) >= 11 is 0. The zero-order valence-corrected chi connectivity index (χ0v) is 11.3. The Morgan fingerprint density at radius 1 is 1.50 bits per heavy atom. The number of carbonyl (C=O) groups excluding carboxylic acids is 1. The van der Waals surface area contributed by atoms with E-state index in [-0.39, 0.29) is 6.04 Å². The summed E-state index contributed by atoms with van der Waals surface area (Å²) in [4.78, 5) is 15.9. The number of pyridine rings is 1. The molecule has 0 aromatic carbocycles. The highest BCUT2D eigenvalue weighted by Crippen LogP contribution is 2.19. The Labute approximate surface area is 108 Å². The van der Waals surface area contributed by atoms with E-state index in [1.54, 1.807) is 0 Å². The fraction of sp³-hybridized carbons (Fsp3) is 0.538. The molecule has 0 saturated carbocycles. The van der Waals surface area contributed by atoms with Gasteiger partial charge in [-0.25, -0.2) is 4.98 Å². The second kappa shape index (κ2) is 6.35. The first-order valence-electron chi connectivity index (χ1n) is 6.24. The number of anilines is 1. The monoisotopic (exact) mass is 250 g/mol. The van der Waals surface area contributed by atoms with Crippen molar-refractivity contribution < 1.29 is 4.79 Å². The van der Waals surface area contributed by atoms with E-state index >= 15 is 0 Å². The molecule has 5 nitrogen and oxygen atoms in total. The van der Waals surface area contributed by atoms with Crippen LogP contribution in [0.25, 0.3) is 0 Å². The van der Waals surface area contributed by atoms with Crippen LogP contribution in [0.4, 0.5) is 5.82 Å². The van der Waals surface area contributed by atoms with Gasteiger partial charge >= 0.3 is 0 Å². The van der Waals surface area contributed by atoms with Gasteiger partial charge in [0.15, 0.2) is 0 Å². The van der Waals surface area contributed by atoms with E-state index < -0.39 is 5.91 Å². The molecule has 0 aliphatic rings. The molecule has 0 aliphatic carbocycles. The fourth-order valence-electron chi connectivity index (χ4n) is 2.04. The Kier molecular flexibility index (Phi) is 5.09. The van der Waals surface area contributed by atoms with Crippen molar-refractivity contribution in [2.24, 2.45) is 11.5 Å². The van der Waals surface area contributed by atoms with Gasteiger partial charge in [0, 0.05) is 18.3 Å². The summed E-state index contributed by atoms with van der Waals surface area (Å²) in [5.74, 6) is 0.0821. The van der Waals surface area contributed by atoms with Gasteiger partial charge in [-0.15, -0.1) is 0 Å². The highest BCUT2D eigenvalue weighted by Gasteiger charge is 2.16. The van der Waals surface area contributed by atoms with Crippen LogP contribution in [0.15, 0.2) is 6.07 Å². The van der Waals surface area contributed by atoms with Crippen LogP contribution >= 0.6 is 0 Å². The third kappa shape index (κ3) is 3.43. The molecule has 5 heteroatoms. The lowest BCUT2D eigenvalue weighted by molar-refractivity contribution is 0.1000. The molecule has 0 spiro atoms. The van der Waals surface area contributed by atoms with E-state index in [1.165, 1.54) is 0 Å². The summed E-state index contributed by atoms with van der Waals surface area (Å²) in [5.41, 5.74) is 13.3. The van der Waals surface area contributed by atoms with Crippen molar-refractivity contribution in [2.75, 3.05) is 11.9 Å². The van der Waals surface area contributed by atoms with Gasteiger partial charge < -0.3 is 16.8 Å². The van der Waals surface area contributed by atoms with Gasteiger partial charge in [-0.3, -0.25) is 4.79 Å². The number of primary amides is 1. The molecule has 1 unspecified atom stereocenters. The molecule has 18 heavy (non-hydrogen) atoms. The molecule has 0 aliphatic heterocycles. The first-order valence-corrected chi connectivity index (χ1v) is 6.24. The quantitative estimate of drug-likeness (QED) is 0.710. The summed E-state index contributed by atoms with van der Waals surface area (Å²) in [5, 5.41) is 3.22. The Bertz CT molecular complexity index is 431. The number of nitrogens with one attached hydrogen (secondary N) is 1. The molecule has 1 aromatic heterocycles. The topological polar surface area (TPSA) is 94.0 Å². The van der Waals surface area contributed by atoms with Gasteiger partial charge in [0.1, 0.15) is 5.82 Å². The summed E-state index contributed by atoms with van der Waals surface area (Å²) in [6, 6.07) is 1.96. The van der Waals surface area contributed by atoms with Crippen LogP contribution in [0, 0.1) is 13.8 Å². The van der Waals surface area contributed by atoms with Crippen molar-refractivity contribution in [2.45, 2.75) is 39.7 Å². The molecular weight excluding hydrogens is 228 g/mol. The van der Waals surface area contributed by atoms with Crippen molar-refractivity contribution in [1.29, 1.82) is 0 Å². The van der Waals surface area contributed by atoms with Crippen molar-refractivity contribution in [3.63, 3.8) is 0 Å². The zero-order valence-electron chi connectivity index (χ0n) is 11.3. The molecule has 1 heterocycles. The van der Waals surface area contributed by atoms with Gasteiger partial charge in [0.05, 0.1) is 5.56 Å². The van der Waals surface area contributed by atoms with E-state index in [4.69, 9.17) is 11.5 Å². The molecular formula is C13H22N4O. The maximum absolute atomic E-state index is 11.5. The van der Waals surface area contributed by atoms with Crippen LogP contribution in [0.2, 0.25) is 0 Å². The van der Waals surface area contributed by atoms with Crippen LogP contribution in [-0.4, -0.2) is 23.5 Å². The van der Waals surface area contributed by atoms with Gasteiger partial charge in [-0.05, 0) is 31.9 Å². The Morgan fingerprint density at radius 2 is 2.17 bits per heavy atom. The number of nitrogens with two attached hydrogens (primary N) is 2. The fourth-order valence-corrected chi connectivity index (χ4v) is 2.04. The maximum Gasteiger partial charge on any atom is 0.252 e. The van der Waals surface area contributed by atoms with E-state index in [9.17, 15) is 4.79 Å². The third-order valence-electron chi connectivity index (χ3n) is 2.85. The SMILES string of the molecule is CCCC(CN)Nc1nc(C)cc(C)c1C(N)=O. The first kappa shape index (κ1) is 14.4. The minimum atomic E-state index is -0.463. The minimum Gasteiger partial charge on any atom is -0.365 e. The molecule has 5 N–H and O–H groups in total. The highest BCUT2D eigenvalue weighted by atomic mass is 16.1. The van der Waals surface area contributed by atoms with Gasteiger partial charge in [0.25, 0.3) is 5.91 Å². The van der Waals surface area contributed by atoms with E-state index in [1.807, 2.05) is 19.9 Å². The Hall–Kier alpha value is -1.62. The average molecular weight is 250 g/mol. The van der Waals surface area contributed by atoms with Crippen LogP contribution in [0.5, 0.6) is 0 Å². The number of aryl methyl sites for hydroxylation is 2. The summed E-state index contributed by atoms with van der Waals surface area (Å²) in [6.07, 6.45) is 1.95. The van der Waals surface area contributed by atoms with Crippen LogP contribution in [0.3, 0.4) is 0 Å². The van der Waals surface area contributed by atoms with E-state index in [0.29, 0.717) is 17.9 Å². The lowest BCUT2D eigenvalue weighted by atomic mass is 10.1. The molecule has 0 fully saturated rings. The number of nitrogens with zero attached hydrogens (tertiary/aromatic N) is 1. The third-order valence-corrected chi connectivity index (χ3v) is 2.85. The molecule has 0 saturated heterocycles. The summed E-state index contributed by atoms with van der Waals surface area (Å²) in [6.45, 7) is 6.34. The molecule has 1 amide bonds. The Balaban J connectivity index is 3.09. The van der Waals surface area contributed by atoms with E-state index in [0.717, 1.165) is 24.1 Å². The molecule has 1 atom stereocenters. The maximum atomic E-state index is 11.5. The van der Waals surface area contributed by atoms with Gasteiger partial charge in [-0.1, -0.05) is 13.3 Å². The van der Waals surface area contributed by atoms with Gasteiger partial charge in [0.2, 0.25) is 0 Å². The summed E-state index contributed by atoms with van der Waals surface area (Å²) in [7, 11) is 0. The standard InChI is InChI=1S/C13H22N4O/c1-4-5-10(7-14)17-13-11(12(15)18)8(2)6-9(3)16-13/h6,10H,4-5,7,14H2,1-3H3,(H2,15,18)(H,16,17). The number of hydrogen-bond donors (Lipinski definition) is 3. The van der Waals surface area contributed by atoms with Crippen molar-refractivity contribution in [1.82, 2.24) is 4.98 Å². The Morgan fingerprint density at radius 3 is 2.67 bits per heavy atom. The first-order chi connectivity index (χ1) is 8.49. The second-order valence-electron chi connectivity index (χ2n) is 4.53. The number of hydrogen-bond acceptors (Lipinski definition) is 4. The van der Waals surface area contributed by atoms with Crippen LogP contribution in [0.1, 0.15) is 41.4 Å². The smallest absolute Gasteiger partial charge is 0.252 e. The lowest BCUT2D eigenvalue weighted by Gasteiger charge is -2.19. The normalized spacial score (nSPS) is 12.2. The van der Waals surface area contributed by atoms with Crippen LogP contribution < -0.4 is 16.8 Å². The van der Waals surface area contributed by atoms with E-state index in [2.05, 4.69) is 17.2 Å². The average Bonchev–Trinajstić information content (AvgIpc) is 2.26. The molecule has 100 valence electrons. The number of amides is 1. The van der Waals surface area contributed by atoms with Crippen molar-refractivity contribution >= 4 is 11.7 Å². The lowest BCUT2D eigenvalue weighted by Crippen LogP contribution is -2.30. The molecule has 0 bridgehead atoms. The van der Waals surface area contributed by atoms with Crippen LogP contribution in [-0.2, 0) is 0 Å². The number of rotatable bonds is 6. The number of carbonyl (C=O) groups is 1. The minimum absolute atomic E-state index is 0.113. The predicted molar refractivity (Wildman–Crippen MR) is 73.6 cm³/mol. The molecule has 1 rings (SSSR count). The second-order valence-corrected chi connectivity index (χ2v) is 4.53. The van der Waals surface area contributed by atoms with Crippen molar-refractivity contribution in [3.05, 3.63) is 22.9 Å². The summed E-state index contributed by atoms with van der Waals surface area (Å²) < 4.78 is 0. The molecule has 0 radical (unpaired) electrons. The largest absolute Gasteiger partial charge is 0.365 e. The predicted octanol–water partition coefficient (Wildman–Crippen LogP) is 1.34. The zero-order chi connectivity index (χ0) is 13.7. The highest BCUT2D eigenvalue weighted by molar-refractivity contribution is 5.99. The van der Waals surface area contributed by atoms with Crippen molar-refractivity contribution in [3.8, 4) is 0 Å². The van der Waals surface area contributed by atoms with Gasteiger partial charge in [-0.2, -0.15) is 0 Å². The number of aromatic nitrogens is 1. The molecule has 1 aromatic rings.